The molecule has 2 rings (SSSR count). The van der Waals surface area contributed by atoms with Gasteiger partial charge in [-0.15, -0.1) is 0 Å². The highest BCUT2D eigenvalue weighted by atomic mass is 16.6. The van der Waals surface area contributed by atoms with E-state index in [9.17, 15) is 14.9 Å². The Kier molecular flexibility index (Phi) is 5.04. The summed E-state index contributed by atoms with van der Waals surface area (Å²) in [7, 11) is 0. The van der Waals surface area contributed by atoms with Crippen LogP contribution in [0.4, 0.5) is 11.5 Å². The van der Waals surface area contributed by atoms with Gasteiger partial charge in [0.2, 0.25) is 0 Å². The van der Waals surface area contributed by atoms with Crippen LogP contribution >= 0.6 is 0 Å². The molecule has 1 aliphatic heterocycles. The van der Waals surface area contributed by atoms with Crippen LogP contribution in [0.25, 0.3) is 0 Å². The van der Waals surface area contributed by atoms with E-state index in [0.29, 0.717) is 13.0 Å². The van der Waals surface area contributed by atoms with E-state index in [1.54, 1.807) is 0 Å². The van der Waals surface area contributed by atoms with Crippen LogP contribution in [-0.2, 0) is 4.74 Å². The van der Waals surface area contributed by atoms with Crippen molar-refractivity contribution in [3.05, 3.63) is 27.9 Å². The number of anilines is 1. The Balaban J connectivity index is 1.90. The monoisotopic (exact) mass is 294 g/mol. The van der Waals surface area contributed by atoms with E-state index in [0.717, 1.165) is 38.1 Å². The summed E-state index contributed by atoms with van der Waals surface area (Å²) < 4.78 is 5.56. The standard InChI is InChI=1S/C13H18N4O4/c14-12-11(7-9(8-16-12)17(19)20)13(18)15-5-4-10-3-1-2-6-21-10/h7-8,10H,1-6H2,(H2,14,16)(H,15,18). The van der Waals surface area contributed by atoms with Gasteiger partial charge < -0.3 is 15.8 Å². The Morgan fingerprint density at radius 2 is 2.38 bits per heavy atom. The Hall–Kier alpha value is -2.22. The number of nitrogens with one attached hydrogen (secondary N) is 1. The second-order valence-corrected chi connectivity index (χ2v) is 4.92. The van der Waals surface area contributed by atoms with Crippen molar-refractivity contribution in [3.63, 3.8) is 0 Å². The highest BCUT2D eigenvalue weighted by molar-refractivity contribution is 5.98. The number of nitrogens with zero attached hydrogens (tertiary/aromatic N) is 2. The van der Waals surface area contributed by atoms with Gasteiger partial charge in [-0.1, -0.05) is 0 Å². The van der Waals surface area contributed by atoms with Gasteiger partial charge in [0.15, 0.2) is 0 Å². The van der Waals surface area contributed by atoms with Gasteiger partial charge in [-0.05, 0) is 25.7 Å². The van der Waals surface area contributed by atoms with Gasteiger partial charge in [0.1, 0.15) is 12.0 Å². The van der Waals surface area contributed by atoms with Crippen molar-refractivity contribution in [1.82, 2.24) is 10.3 Å². The first-order valence-corrected chi connectivity index (χ1v) is 6.87. The molecule has 0 aliphatic carbocycles. The Bertz CT molecular complexity index is 529. The molecule has 21 heavy (non-hydrogen) atoms. The summed E-state index contributed by atoms with van der Waals surface area (Å²) in [6.07, 6.45) is 5.13. The van der Waals surface area contributed by atoms with Crippen molar-refractivity contribution >= 4 is 17.4 Å². The number of carbonyl (C=O) groups excluding carboxylic acids is 1. The molecular formula is C13H18N4O4. The van der Waals surface area contributed by atoms with Crippen molar-refractivity contribution in [3.8, 4) is 0 Å². The molecule has 1 aliphatic rings. The van der Waals surface area contributed by atoms with Crippen molar-refractivity contribution in [1.29, 1.82) is 0 Å². The van der Waals surface area contributed by atoms with Crippen LogP contribution in [0.1, 0.15) is 36.0 Å². The maximum Gasteiger partial charge on any atom is 0.288 e. The molecule has 8 nitrogen and oxygen atoms in total. The van der Waals surface area contributed by atoms with Crippen LogP contribution in [0, 0.1) is 10.1 Å². The maximum atomic E-state index is 12.0. The van der Waals surface area contributed by atoms with Gasteiger partial charge in [0.05, 0.1) is 16.6 Å². The first-order chi connectivity index (χ1) is 10.1. The van der Waals surface area contributed by atoms with E-state index in [1.165, 1.54) is 0 Å². The molecule has 3 N–H and O–H groups in total. The van der Waals surface area contributed by atoms with Gasteiger partial charge in [0.25, 0.3) is 11.6 Å². The lowest BCUT2D eigenvalue weighted by Crippen LogP contribution is -2.30. The van der Waals surface area contributed by atoms with Crippen LogP contribution < -0.4 is 11.1 Å². The fourth-order valence-corrected chi connectivity index (χ4v) is 2.22. The van der Waals surface area contributed by atoms with Gasteiger partial charge in [-0.2, -0.15) is 0 Å². The molecule has 1 aromatic rings. The largest absolute Gasteiger partial charge is 0.383 e. The lowest BCUT2D eigenvalue weighted by molar-refractivity contribution is -0.385. The average Bonchev–Trinajstić information content (AvgIpc) is 2.48. The molecule has 0 bridgehead atoms. The molecule has 1 unspecified atom stereocenters. The smallest absolute Gasteiger partial charge is 0.288 e. The van der Waals surface area contributed by atoms with E-state index in [2.05, 4.69) is 10.3 Å². The summed E-state index contributed by atoms with van der Waals surface area (Å²) in [5.41, 5.74) is 5.35. The number of nitrogens with two attached hydrogens (primary N) is 1. The fraction of sp³-hybridized carbons (Fsp3) is 0.538. The Labute approximate surface area is 121 Å². The normalized spacial score (nSPS) is 18.2. The number of ether oxygens (including phenoxy) is 1. The summed E-state index contributed by atoms with van der Waals surface area (Å²) in [4.78, 5) is 25.7. The molecule has 0 aromatic carbocycles. The molecule has 1 atom stereocenters. The summed E-state index contributed by atoms with van der Waals surface area (Å²) in [5, 5.41) is 13.4. The van der Waals surface area contributed by atoms with Crippen molar-refractivity contribution < 1.29 is 14.5 Å². The number of nitrogen functional groups attached to an aromatic ring is 1. The highest BCUT2D eigenvalue weighted by Crippen LogP contribution is 2.17. The predicted molar refractivity (Wildman–Crippen MR) is 75.8 cm³/mol. The number of hydrogen-bond donors (Lipinski definition) is 2. The lowest BCUT2D eigenvalue weighted by Gasteiger charge is -2.22. The quantitative estimate of drug-likeness (QED) is 0.623. The van der Waals surface area contributed by atoms with E-state index < -0.39 is 10.8 Å². The molecular weight excluding hydrogens is 276 g/mol. The van der Waals surface area contributed by atoms with Crippen LogP contribution in [0.2, 0.25) is 0 Å². The third kappa shape index (κ3) is 4.12. The molecule has 0 radical (unpaired) electrons. The summed E-state index contributed by atoms with van der Waals surface area (Å²) in [5.74, 6) is -0.480. The van der Waals surface area contributed by atoms with Gasteiger partial charge in [-0.3, -0.25) is 14.9 Å². The molecule has 8 heteroatoms. The molecule has 1 fully saturated rings. The van der Waals surface area contributed by atoms with E-state index >= 15 is 0 Å². The van der Waals surface area contributed by atoms with Gasteiger partial charge in [0, 0.05) is 19.2 Å². The number of nitro groups is 1. The number of rotatable bonds is 5. The number of aromatic nitrogens is 1. The molecule has 0 saturated carbocycles. The number of amides is 1. The molecule has 0 spiro atoms. The minimum atomic E-state index is -0.612. The van der Waals surface area contributed by atoms with Gasteiger partial charge >= 0.3 is 0 Å². The summed E-state index contributed by atoms with van der Waals surface area (Å²) in [6, 6.07) is 1.13. The third-order valence-electron chi connectivity index (χ3n) is 3.39. The first kappa shape index (κ1) is 15.2. The fourth-order valence-electron chi connectivity index (χ4n) is 2.22. The number of carbonyl (C=O) groups is 1. The third-order valence-corrected chi connectivity index (χ3v) is 3.39. The second kappa shape index (κ2) is 6.98. The number of hydrogen-bond acceptors (Lipinski definition) is 6. The SMILES string of the molecule is Nc1ncc([N+](=O)[O-])cc1C(=O)NCCC1CCCCO1. The zero-order valence-corrected chi connectivity index (χ0v) is 11.6. The van der Waals surface area contributed by atoms with Crippen molar-refractivity contribution in [2.75, 3.05) is 18.9 Å². The summed E-state index contributed by atoms with van der Waals surface area (Å²) in [6.45, 7) is 1.20. The average molecular weight is 294 g/mol. The minimum Gasteiger partial charge on any atom is -0.383 e. The van der Waals surface area contributed by atoms with Crippen molar-refractivity contribution in [2.24, 2.45) is 0 Å². The van der Waals surface area contributed by atoms with Crippen LogP contribution in [0.3, 0.4) is 0 Å². The summed E-state index contributed by atoms with van der Waals surface area (Å²) >= 11 is 0. The van der Waals surface area contributed by atoms with Crippen LogP contribution in [0.15, 0.2) is 12.3 Å². The molecule has 1 saturated heterocycles. The Morgan fingerprint density at radius 1 is 1.57 bits per heavy atom. The molecule has 114 valence electrons. The molecule has 1 amide bonds. The Morgan fingerprint density at radius 3 is 3.05 bits per heavy atom. The van der Waals surface area contributed by atoms with E-state index in [-0.39, 0.29) is 23.2 Å². The lowest BCUT2D eigenvalue weighted by atomic mass is 10.1. The maximum absolute atomic E-state index is 12.0. The van der Waals surface area contributed by atoms with Crippen LogP contribution in [-0.4, -0.2) is 35.1 Å². The van der Waals surface area contributed by atoms with Gasteiger partial charge in [-0.25, -0.2) is 4.98 Å². The molecule has 1 aromatic heterocycles. The second-order valence-electron chi connectivity index (χ2n) is 4.92. The zero-order chi connectivity index (χ0) is 15.2. The minimum absolute atomic E-state index is 0.0213. The first-order valence-electron chi connectivity index (χ1n) is 6.87. The topological polar surface area (TPSA) is 120 Å². The van der Waals surface area contributed by atoms with Crippen molar-refractivity contribution in [2.45, 2.75) is 31.8 Å². The van der Waals surface area contributed by atoms with E-state index in [1.807, 2.05) is 0 Å². The van der Waals surface area contributed by atoms with Crippen LogP contribution in [0.5, 0.6) is 0 Å². The predicted octanol–water partition coefficient (Wildman–Crippen LogP) is 1.26. The molecule has 2 heterocycles. The highest BCUT2D eigenvalue weighted by Gasteiger charge is 2.18. The zero-order valence-electron chi connectivity index (χ0n) is 11.6. The number of pyridine rings is 1. The van der Waals surface area contributed by atoms with E-state index in [4.69, 9.17) is 10.5 Å².